The van der Waals surface area contributed by atoms with Gasteiger partial charge in [-0.15, -0.1) is 0 Å². The number of nitrogens with zero attached hydrogens (tertiary/aromatic N) is 2. The second-order valence-corrected chi connectivity index (χ2v) is 5.94. The predicted molar refractivity (Wildman–Crippen MR) is 85.7 cm³/mol. The Hall–Kier alpha value is -2.03. The maximum atomic E-state index is 12.7. The van der Waals surface area contributed by atoms with E-state index in [9.17, 15) is 18.0 Å². The molecule has 138 valence electrons. The summed E-state index contributed by atoms with van der Waals surface area (Å²) in [5.74, 6) is 0.459. The van der Waals surface area contributed by atoms with Gasteiger partial charge in [0.15, 0.2) is 0 Å². The molecule has 1 aliphatic rings. The number of rotatable bonds is 4. The Kier molecular flexibility index (Phi) is 6.10. The third-order valence-electron chi connectivity index (χ3n) is 3.83. The number of piperazine rings is 1. The number of nitrogens with two attached hydrogens (primary N) is 1. The molecule has 3 N–H and O–H groups in total. The number of anilines is 1. The van der Waals surface area contributed by atoms with Gasteiger partial charge in [0.2, 0.25) is 0 Å². The number of carbonyl (C=O) groups excluding carboxylic acids is 1. The van der Waals surface area contributed by atoms with Crippen molar-refractivity contribution in [2.24, 2.45) is 5.73 Å². The summed E-state index contributed by atoms with van der Waals surface area (Å²) in [4.78, 5) is 15.9. The average molecular weight is 381 g/mol. The van der Waals surface area contributed by atoms with E-state index in [-0.39, 0.29) is 17.4 Å². The molecule has 2 rings (SSSR count). The highest BCUT2D eigenvalue weighted by Gasteiger charge is 2.34. The van der Waals surface area contributed by atoms with Crippen LogP contribution in [0.25, 0.3) is 0 Å². The van der Waals surface area contributed by atoms with Crippen LogP contribution >= 0.6 is 11.6 Å². The number of carbonyl (C=O) groups is 1. The van der Waals surface area contributed by atoms with E-state index in [1.165, 1.54) is 0 Å². The number of aromatic amines is 1. The predicted octanol–water partition coefficient (Wildman–Crippen LogP) is 1.32. The van der Waals surface area contributed by atoms with Crippen LogP contribution in [0.3, 0.4) is 0 Å². The molecule has 1 aromatic rings. The first-order chi connectivity index (χ1) is 11.7. The highest BCUT2D eigenvalue weighted by molar-refractivity contribution is 6.32. The van der Waals surface area contributed by atoms with Crippen molar-refractivity contribution < 1.29 is 32.3 Å². The van der Waals surface area contributed by atoms with Gasteiger partial charge in [-0.3, -0.25) is 20.0 Å². The Morgan fingerprint density at radius 3 is 2.60 bits per heavy atom. The van der Waals surface area contributed by atoms with Crippen LogP contribution in [0, 0.1) is 0 Å². The van der Waals surface area contributed by atoms with Crippen LogP contribution in [0.5, 0.6) is 0 Å². The largest absolute Gasteiger partial charge is 0.466 e. The molecule has 0 unspecified atom stereocenters. The molecule has 0 saturated carbocycles. The van der Waals surface area contributed by atoms with Gasteiger partial charge in [0.05, 0.1) is 12.2 Å². The van der Waals surface area contributed by atoms with Crippen molar-refractivity contribution in [1.29, 1.82) is 0 Å². The number of hydrogen-bond donors (Lipinski definition) is 1. The number of alkyl halides is 3. The number of pyridine rings is 1. The van der Waals surface area contributed by atoms with Gasteiger partial charge in [0.1, 0.15) is 43.8 Å². The molecule has 0 aromatic carbocycles. The molecular weight excluding hydrogens is 361 g/mol. The lowest BCUT2D eigenvalue weighted by Gasteiger charge is -2.23. The standard InChI is InChI=1S/C15H18ClF3N4O2/c1-2-25-13(24)8-12(20)22-3-5-23(6-4-22)14-11(16)7-10(9-21-14)15(17,18)19/h7,9,20H,2-6,8H2,1H3/p+2. The molecule has 1 aliphatic heterocycles. The smallest absolute Gasteiger partial charge is 0.419 e. The fourth-order valence-electron chi connectivity index (χ4n) is 2.56. The van der Waals surface area contributed by atoms with Gasteiger partial charge in [0, 0.05) is 0 Å². The first kappa shape index (κ1) is 19.3. The number of halogens is 4. The van der Waals surface area contributed by atoms with E-state index < -0.39 is 11.7 Å². The van der Waals surface area contributed by atoms with Crippen molar-refractivity contribution in [2.45, 2.75) is 19.5 Å². The molecule has 10 heteroatoms. The number of nitrogens with one attached hydrogen (secondary N) is 1. The SMILES string of the molecule is CCOC(=O)CC(N)=[N+]1CCN(c2[nH+]cc(C(F)(F)F)cc2Cl)CC1. The molecule has 0 spiro atoms. The number of aromatic nitrogens is 1. The summed E-state index contributed by atoms with van der Waals surface area (Å²) in [6.45, 7) is 4.07. The zero-order chi connectivity index (χ0) is 18.6. The summed E-state index contributed by atoms with van der Waals surface area (Å²) in [6.07, 6.45) is -3.54. The second kappa shape index (κ2) is 7.90. The Morgan fingerprint density at radius 2 is 2.08 bits per heavy atom. The quantitative estimate of drug-likeness (QED) is 0.486. The molecule has 0 bridgehead atoms. The summed E-state index contributed by atoms with van der Waals surface area (Å²) < 4.78 is 44.8. The fourth-order valence-corrected chi connectivity index (χ4v) is 2.85. The number of hydrogen-bond acceptors (Lipinski definition) is 3. The maximum absolute atomic E-state index is 12.7. The first-order valence-electron chi connectivity index (χ1n) is 7.77. The number of ether oxygens (including phenoxy) is 1. The van der Waals surface area contributed by atoms with E-state index in [2.05, 4.69) is 4.98 Å². The number of amidine groups is 1. The van der Waals surface area contributed by atoms with Crippen molar-refractivity contribution in [2.75, 3.05) is 37.7 Å². The highest BCUT2D eigenvalue weighted by Crippen LogP contribution is 2.32. The van der Waals surface area contributed by atoms with Gasteiger partial charge >= 0.3 is 12.1 Å². The van der Waals surface area contributed by atoms with Gasteiger partial charge in [-0.25, -0.2) is 4.98 Å². The molecule has 1 fully saturated rings. The fraction of sp³-hybridized carbons (Fsp3) is 0.533. The van der Waals surface area contributed by atoms with Gasteiger partial charge < -0.3 is 4.74 Å². The normalized spacial score (nSPS) is 15.2. The molecule has 25 heavy (non-hydrogen) atoms. The van der Waals surface area contributed by atoms with E-state index >= 15 is 0 Å². The third kappa shape index (κ3) is 4.97. The van der Waals surface area contributed by atoms with Crippen LogP contribution < -0.4 is 15.6 Å². The van der Waals surface area contributed by atoms with E-state index in [4.69, 9.17) is 22.1 Å². The zero-order valence-electron chi connectivity index (χ0n) is 13.7. The molecular formula is C15H20ClF3N4O2+2. The molecule has 0 atom stereocenters. The van der Waals surface area contributed by atoms with Gasteiger partial charge in [0.25, 0.3) is 11.7 Å². The van der Waals surface area contributed by atoms with Crippen LogP contribution in [-0.2, 0) is 15.7 Å². The molecule has 6 nitrogen and oxygen atoms in total. The molecule has 0 radical (unpaired) electrons. The van der Waals surface area contributed by atoms with Crippen molar-refractivity contribution >= 4 is 29.2 Å². The Bertz CT molecular complexity index is 669. The number of H-pyrrole nitrogens is 1. The lowest BCUT2D eigenvalue weighted by molar-refractivity contribution is -0.532. The Morgan fingerprint density at radius 1 is 1.44 bits per heavy atom. The topological polar surface area (TPSA) is 72.7 Å². The van der Waals surface area contributed by atoms with Crippen LogP contribution in [0.1, 0.15) is 18.9 Å². The maximum Gasteiger partial charge on any atom is 0.419 e. The Balaban J connectivity index is 2.04. The van der Waals surface area contributed by atoms with Gasteiger partial charge in [-0.2, -0.15) is 13.2 Å². The zero-order valence-corrected chi connectivity index (χ0v) is 14.5. The molecule has 0 amide bonds. The molecule has 2 heterocycles. The summed E-state index contributed by atoms with van der Waals surface area (Å²) in [5.41, 5.74) is 5.10. The Labute approximate surface area is 148 Å². The van der Waals surface area contributed by atoms with Crippen molar-refractivity contribution in [3.05, 3.63) is 22.8 Å². The van der Waals surface area contributed by atoms with E-state index in [0.29, 0.717) is 44.4 Å². The molecule has 1 saturated heterocycles. The van der Waals surface area contributed by atoms with Crippen molar-refractivity contribution in [3.63, 3.8) is 0 Å². The molecule has 1 aromatic heterocycles. The lowest BCUT2D eigenvalue weighted by Crippen LogP contribution is -2.47. The minimum atomic E-state index is -4.45. The lowest BCUT2D eigenvalue weighted by atomic mass is 10.2. The van der Waals surface area contributed by atoms with E-state index in [0.717, 1.165) is 12.3 Å². The third-order valence-corrected chi connectivity index (χ3v) is 4.12. The van der Waals surface area contributed by atoms with E-state index in [1.54, 1.807) is 6.92 Å². The number of esters is 1. The second-order valence-electron chi connectivity index (χ2n) is 5.53. The van der Waals surface area contributed by atoms with Crippen molar-refractivity contribution in [1.82, 2.24) is 0 Å². The first-order valence-corrected chi connectivity index (χ1v) is 8.15. The summed E-state index contributed by atoms with van der Waals surface area (Å²) in [7, 11) is 0. The minimum absolute atomic E-state index is 0.00625. The van der Waals surface area contributed by atoms with Gasteiger partial charge in [-0.1, -0.05) is 11.6 Å². The average Bonchev–Trinajstić information content (AvgIpc) is 2.54. The monoisotopic (exact) mass is 380 g/mol. The molecule has 0 aliphatic carbocycles. The van der Waals surface area contributed by atoms with Crippen LogP contribution in [-0.4, -0.2) is 49.2 Å². The van der Waals surface area contributed by atoms with Crippen LogP contribution in [0.4, 0.5) is 19.0 Å². The highest BCUT2D eigenvalue weighted by atomic mass is 35.5. The summed E-state index contributed by atoms with van der Waals surface area (Å²) >= 11 is 5.99. The summed E-state index contributed by atoms with van der Waals surface area (Å²) in [6, 6.07) is 0.904. The summed E-state index contributed by atoms with van der Waals surface area (Å²) in [5, 5.41) is 0.00625. The van der Waals surface area contributed by atoms with E-state index in [1.807, 2.05) is 9.48 Å². The van der Waals surface area contributed by atoms with Crippen LogP contribution in [0.15, 0.2) is 12.3 Å². The minimum Gasteiger partial charge on any atom is -0.466 e. The van der Waals surface area contributed by atoms with Crippen molar-refractivity contribution in [3.8, 4) is 0 Å². The van der Waals surface area contributed by atoms with Gasteiger partial charge in [-0.05, 0) is 13.0 Å². The van der Waals surface area contributed by atoms with Crippen LogP contribution in [0.2, 0.25) is 5.02 Å².